The SMILES string of the molecule is CCc1ccn(CCC(C)(C(=O)NOC2CCCCO2)S(C)(=O)=O)c(=O)c1. The molecular formula is C18H28N2O6S. The summed E-state index contributed by atoms with van der Waals surface area (Å²) in [5, 5.41) is 0. The molecule has 0 aromatic carbocycles. The second kappa shape index (κ2) is 8.99. The van der Waals surface area contributed by atoms with Gasteiger partial charge in [0, 0.05) is 38.1 Å². The molecule has 1 amide bonds. The minimum Gasteiger partial charge on any atom is -0.350 e. The lowest BCUT2D eigenvalue weighted by Gasteiger charge is -2.28. The molecule has 1 aliphatic rings. The summed E-state index contributed by atoms with van der Waals surface area (Å²) in [6.07, 6.45) is 5.21. The third-order valence-electron chi connectivity index (χ3n) is 5.02. The highest BCUT2D eigenvalue weighted by Gasteiger charge is 2.43. The summed E-state index contributed by atoms with van der Waals surface area (Å²) in [6, 6.07) is 3.32. The number of nitrogens with zero attached hydrogens (tertiary/aromatic N) is 1. The van der Waals surface area contributed by atoms with Gasteiger partial charge in [-0.25, -0.2) is 18.7 Å². The minimum absolute atomic E-state index is 0.0576. The molecule has 0 aliphatic carbocycles. The monoisotopic (exact) mass is 400 g/mol. The van der Waals surface area contributed by atoms with Crippen LogP contribution < -0.4 is 11.0 Å². The summed E-state index contributed by atoms with van der Waals surface area (Å²) in [5.41, 5.74) is 2.92. The average molecular weight is 400 g/mol. The zero-order valence-corrected chi connectivity index (χ0v) is 16.9. The topological polar surface area (TPSA) is 104 Å². The first-order chi connectivity index (χ1) is 12.7. The lowest BCUT2D eigenvalue weighted by Crippen LogP contribution is -2.51. The van der Waals surface area contributed by atoms with Gasteiger partial charge in [-0.2, -0.15) is 0 Å². The molecule has 27 heavy (non-hydrogen) atoms. The third kappa shape index (κ3) is 5.40. The van der Waals surface area contributed by atoms with Crippen LogP contribution in [0.3, 0.4) is 0 Å². The molecular weight excluding hydrogens is 372 g/mol. The minimum atomic E-state index is -3.76. The van der Waals surface area contributed by atoms with Crippen LogP contribution in [-0.2, 0) is 37.2 Å². The van der Waals surface area contributed by atoms with E-state index in [2.05, 4.69) is 5.48 Å². The quantitative estimate of drug-likeness (QED) is 0.657. The smallest absolute Gasteiger partial charge is 0.264 e. The molecule has 1 aromatic rings. The van der Waals surface area contributed by atoms with E-state index in [1.54, 1.807) is 6.20 Å². The number of hydrogen-bond donors (Lipinski definition) is 1. The molecule has 9 heteroatoms. The van der Waals surface area contributed by atoms with Gasteiger partial charge in [-0.1, -0.05) is 6.92 Å². The van der Waals surface area contributed by atoms with Gasteiger partial charge in [-0.3, -0.25) is 9.59 Å². The van der Waals surface area contributed by atoms with Crippen LogP contribution >= 0.6 is 0 Å². The maximum atomic E-state index is 12.6. The van der Waals surface area contributed by atoms with Crippen molar-refractivity contribution in [1.29, 1.82) is 0 Å². The fourth-order valence-corrected chi connectivity index (χ4v) is 3.63. The molecule has 1 fully saturated rings. The molecule has 1 aromatic heterocycles. The van der Waals surface area contributed by atoms with Gasteiger partial charge < -0.3 is 9.30 Å². The van der Waals surface area contributed by atoms with Crippen molar-refractivity contribution >= 4 is 15.7 Å². The van der Waals surface area contributed by atoms with Crippen molar-refractivity contribution in [3.63, 3.8) is 0 Å². The lowest BCUT2D eigenvalue weighted by molar-refractivity contribution is -0.201. The van der Waals surface area contributed by atoms with E-state index in [0.29, 0.717) is 13.0 Å². The van der Waals surface area contributed by atoms with Gasteiger partial charge in [0.25, 0.3) is 11.5 Å². The number of nitrogens with one attached hydrogen (secondary N) is 1. The van der Waals surface area contributed by atoms with Crippen LogP contribution in [0.25, 0.3) is 0 Å². The second-order valence-electron chi connectivity index (χ2n) is 7.02. The van der Waals surface area contributed by atoms with E-state index in [0.717, 1.165) is 31.1 Å². The van der Waals surface area contributed by atoms with Crippen molar-refractivity contribution in [2.24, 2.45) is 0 Å². The maximum absolute atomic E-state index is 12.6. The number of aromatic nitrogens is 1. The van der Waals surface area contributed by atoms with E-state index < -0.39 is 26.8 Å². The molecule has 0 spiro atoms. The fourth-order valence-electron chi connectivity index (χ4n) is 2.79. The number of amides is 1. The first kappa shape index (κ1) is 21.6. The van der Waals surface area contributed by atoms with Crippen LogP contribution in [0.1, 0.15) is 45.1 Å². The van der Waals surface area contributed by atoms with Gasteiger partial charge in [-0.05, 0) is 44.2 Å². The Hall–Kier alpha value is -1.71. The van der Waals surface area contributed by atoms with Gasteiger partial charge in [0.15, 0.2) is 20.9 Å². The Kier molecular flexibility index (Phi) is 7.19. The molecule has 1 saturated heterocycles. The van der Waals surface area contributed by atoms with Gasteiger partial charge in [0.2, 0.25) is 0 Å². The van der Waals surface area contributed by atoms with E-state index in [4.69, 9.17) is 9.57 Å². The van der Waals surface area contributed by atoms with Crippen LogP contribution in [0.5, 0.6) is 0 Å². The van der Waals surface area contributed by atoms with Crippen molar-refractivity contribution < 1.29 is 22.8 Å². The molecule has 2 heterocycles. The standard InChI is InChI=1S/C18H28N2O6S/c1-4-14-8-10-20(15(21)13-14)11-9-18(2,27(3,23)24)17(22)19-26-16-7-5-6-12-25-16/h8,10,13,16H,4-7,9,11-12H2,1-3H3,(H,19,22). The van der Waals surface area contributed by atoms with E-state index in [-0.39, 0.29) is 18.5 Å². The molecule has 0 bridgehead atoms. The van der Waals surface area contributed by atoms with E-state index in [1.807, 2.05) is 13.0 Å². The number of carbonyl (C=O) groups excluding carboxylic acids is 1. The molecule has 2 unspecified atom stereocenters. The lowest BCUT2D eigenvalue weighted by atomic mass is 10.1. The number of ether oxygens (including phenoxy) is 1. The van der Waals surface area contributed by atoms with Crippen molar-refractivity contribution in [1.82, 2.24) is 10.0 Å². The zero-order chi connectivity index (χ0) is 20.1. The molecule has 2 atom stereocenters. The van der Waals surface area contributed by atoms with E-state index >= 15 is 0 Å². The Morgan fingerprint density at radius 1 is 1.44 bits per heavy atom. The van der Waals surface area contributed by atoms with E-state index in [1.165, 1.54) is 17.6 Å². The highest BCUT2D eigenvalue weighted by atomic mass is 32.2. The predicted octanol–water partition coefficient (Wildman–Crippen LogP) is 1.18. The van der Waals surface area contributed by atoms with Gasteiger partial charge >= 0.3 is 0 Å². The Morgan fingerprint density at radius 3 is 2.74 bits per heavy atom. The van der Waals surface area contributed by atoms with Crippen molar-refractivity contribution in [3.8, 4) is 0 Å². The van der Waals surface area contributed by atoms with Gasteiger partial charge in [0.1, 0.15) is 0 Å². The van der Waals surface area contributed by atoms with Crippen molar-refractivity contribution in [3.05, 3.63) is 34.2 Å². The van der Waals surface area contributed by atoms with Gasteiger partial charge in [0.05, 0.1) is 0 Å². The van der Waals surface area contributed by atoms with Crippen LogP contribution in [-0.4, -0.2) is 42.8 Å². The first-order valence-corrected chi connectivity index (χ1v) is 11.0. The summed E-state index contributed by atoms with van der Waals surface area (Å²) in [5.74, 6) is -0.766. The number of rotatable bonds is 8. The molecule has 1 aliphatic heterocycles. The first-order valence-electron chi connectivity index (χ1n) is 9.14. The molecule has 8 nitrogen and oxygen atoms in total. The van der Waals surface area contributed by atoms with Crippen LogP contribution in [0.4, 0.5) is 0 Å². The van der Waals surface area contributed by atoms with Gasteiger partial charge in [-0.15, -0.1) is 0 Å². The van der Waals surface area contributed by atoms with Crippen molar-refractivity contribution in [2.75, 3.05) is 12.9 Å². The largest absolute Gasteiger partial charge is 0.350 e. The second-order valence-corrected chi connectivity index (χ2v) is 9.46. The fraction of sp³-hybridized carbons (Fsp3) is 0.667. The van der Waals surface area contributed by atoms with Crippen LogP contribution in [0.2, 0.25) is 0 Å². The highest BCUT2D eigenvalue weighted by Crippen LogP contribution is 2.23. The maximum Gasteiger partial charge on any atom is 0.264 e. The summed E-state index contributed by atoms with van der Waals surface area (Å²) in [6.45, 7) is 3.93. The molecule has 2 rings (SSSR count). The Bertz CT molecular complexity index is 813. The number of sulfone groups is 1. The van der Waals surface area contributed by atoms with E-state index in [9.17, 15) is 18.0 Å². The Labute approximate surface area is 159 Å². The molecule has 1 N–H and O–H groups in total. The predicted molar refractivity (Wildman–Crippen MR) is 101 cm³/mol. The third-order valence-corrected chi connectivity index (χ3v) is 7.04. The molecule has 0 saturated carbocycles. The summed E-state index contributed by atoms with van der Waals surface area (Å²) >= 11 is 0. The highest BCUT2D eigenvalue weighted by molar-refractivity contribution is 7.92. The zero-order valence-electron chi connectivity index (χ0n) is 16.1. The summed E-state index contributed by atoms with van der Waals surface area (Å²) < 4.78 is 29.7. The number of hydroxylamine groups is 1. The Morgan fingerprint density at radius 2 is 2.19 bits per heavy atom. The normalized spacial score (nSPS) is 20.0. The summed E-state index contributed by atoms with van der Waals surface area (Å²) in [4.78, 5) is 30.0. The number of pyridine rings is 1. The van der Waals surface area contributed by atoms with Crippen LogP contribution in [0.15, 0.2) is 23.1 Å². The molecule has 152 valence electrons. The number of aryl methyl sites for hydroxylation is 2. The van der Waals surface area contributed by atoms with Crippen molar-refractivity contribution in [2.45, 2.75) is 63.5 Å². The average Bonchev–Trinajstić information content (AvgIpc) is 2.64. The van der Waals surface area contributed by atoms with Crippen LogP contribution in [0, 0.1) is 0 Å². The number of hydrogen-bond acceptors (Lipinski definition) is 6. The molecule has 0 radical (unpaired) electrons. The Balaban J connectivity index is 2.08. The number of carbonyl (C=O) groups is 1. The summed E-state index contributed by atoms with van der Waals surface area (Å²) in [7, 11) is -3.76.